The van der Waals surface area contributed by atoms with Gasteiger partial charge >= 0.3 is 17.9 Å². The third kappa shape index (κ3) is 6.79. The van der Waals surface area contributed by atoms with Crippen LogP contribution in [0.15, 0.2) is 12.7 Å². The average molecular weight is 330 g/mol. The first-order valence-corrected chi connectivity index (χ1v) is 7.19. The van der Waals surface area contributed by atoms with E-state index in [2.05, 4.69) is 6.58 Å². The van der Waals surface area contributed by atoms with Gasteiger partial charge in [0.1, 0.15) is 18.8 Å². The van der Waals surface area contributed by atoms with Crippen LogP contribution in [-0.4, -0.2) is 55.7 Å². The van der Waals surface area contributed by atoms with Gasteiger partial charge in [0.2, 0.25) is 0 Å². The maximum Gasteiger partial charge on any atom is 0.303 e. The molecule has 1 aliphatic heterocycles. The fraction of sp³-hybridized carbons (Fsp3) is 0.667. The van der Waals surface area contributed by atoms with Crippen LogP contribution in [0, 0.1) is 0 Å². The topological polar surface area (TPSA) is 97.4 Å². The fourth-order valence-corrected chi connectivity index (χ4v) is 2.18. The van der Waals surface area contributed by atoms with Gasteiger partial charge in [0.25, 0.3) is 0 Å². The quantitative estimate of drug-likeness (QED) is 0.383. The lowest BCUT2D eigenvalue weighted by Crippen LogP contribution is -2.54. The average Bonchev–Trinajstić information content (AvgIpc) is 2.44. The molecule has 0 N–H and O–H groups in total. The summed E-state index contributed by atoms with van der Waals surface area (Å²) in [6.45, 7) is 7.35. The van der Waals surface area contributed by atoms with Crippen LogP contribution < -0.4 is 0 Å². The van der Waals surface area contributed by atoms with Gasteiger partial charge in [-0.05, 0) is 0 Å². The molecule has 0 bridgehead atoms. The summed E-state index contributed by atoms with van der Waals surface area (Å²) in [4.78, 5) is 33.6. The molecule has 130 valence electrons. The largest absolute Gasteiger partial charge is 0.463 e. The Bertz CT molecular complexity index is 447. The lowest BCUT2D eigenvalue weighted by Gasteiger charge is -2.39. The normalized spacial score (nSPS) is 26.9. The number of rotatable bonds is 7. The highest BCUT2D eigenvalue weighted by Crippen LogP contribution is 2.27. The second kappa shape index (κ2) is 9.26. The number of ether oxygens (including phenoxy) is 5. The zero-order valence-electron chi connectivity index (χ0n) is 13.5. The van der Waals surface area contributed by atoms with Crippen molar-refractivity contribution in [3.05, 3.63) is 12.7 Å². The number of esters is 3. The minimum atomic E-state index is -0.890. The highest BCUT2D eigenvalue weighted by atomic mass is 16.7. The summed E-state index contributed by atoms with van der Waals surface area (Å²) >= 11 is 0. The zero-order chi connectivity index (χ0) is 17.4. The lowest BCUT2D eigenvalue weighted by atomic mass is 10.0. The van der Waals surface area contributed by atoms with Gasteiger partial charge < -0.3 is 23.7 Å². The van der Waals surface area contributed by atoms with E-state index in [0.29, 0.717) is 0 Å². The molecule has 23 heavy (non-hydrogen) atoms. The Balaban J connectivity index is 2.90. The van der Waals surface area contributed by atoms with E-state index in [0.717, 1.165) is 0 Å². The van der Waals surface area contributed by atoms with Crippen LogP contribution >= 0.6 is 0 Å². The summed E-state index contributed by atoms with van der Waals surface area (Å²) in [6.07, 6.45) is -1.44. The molecule has 0 aromatic carbocycles. The Morgan fingerprint density at radius 1 is 1.13 bits per heavy atom. The molecule has 0 aromatic heterocycles. The Morgan fingerprint density at radius 2 is 1.78 bits per heavy atom. The van der Waals surface area contributed by atoms with Gasteiger partial charge in [0.05, 0.1) is 6.61 Å². The van der Waals surface area contributed by atoms with Crippen LogP contribution in [0.4, 0.5) is 0 Å². The third-order valence-electron chi connectivity index (χ3n) is 2.95. The molecule has 0 radical (unpaired) electrons. The Hall–Kier alpha value is -1.93. The van der Waals surface area contributed by atoms with E-state index in [4.69, 9.17) is 23.7 Å². The Morgan fingerprint density at radius 3 is 2.30 bits per heavy atom. The van der Waals surface area contributed by atoms with Crippen molar-refractivity contribution in [2.24, 2.45) is 0 Å². The molecule has 1 aliphatic rings. The standard InChI is InChI=1S/C15H22O8/c1-5-6-19-14-7-12(21-10(3)17)15(22-11(4)18)13(23-14)8-20-9(2)16/h5,12-15H,1,6-8H2,2-4H3/t12-,13-,14+,15+/m1/s1. The molecule has 0 unspecified atom stereocenters. The number of hydrogen-bond acceptors (Lipinski definition) is 8. The van der Waals surface area contributed by atoms with Crippen LogP contribution in [0.2, 0.25) is 0 Å². The van der Waals surface area contributed by atoms with Crippen molar-refractivity contribution in [1.29, 1.82) is 0 Å². The fourth-order valence-electron chi connectivity index (χ4n) is 2.18. The molecule has 1 heterocycles. The maximum absolute atomic E-state index is 11.3. The van der Waals surface area contributed by atoms with Gasteiger partial charge in [0, 0.05) is 27.2 Å². The monoisotopic (exact) mass is 330 g/mol. The first-order valence-electron chi connectivity index (χ1n) is 7.19. The molecule has 4 atom stereocenters. The van der Waals surface area contributed by atoms with Gasteiger partial charge in [-0.15, -0.1) is 6.58 Å². The number of hydrogen-bond donors (Lipinski definition) is 0. The molecule has 1 fully saturated rings. The molecule has 1 rings (SSSR count). The van der Waals surface area contributed by atoms with Crippen LogP contribution in [-0.2, 0) is 38.1 Å². The second-order valence-electron chi connectivity index (χ2n) is 4.99. The van der Waals surface area contributed by atoms with Crippen LogP contribution in [0.25, 0.3) is 0 Å². The number of carbonyl (C=O) groups is 3. The van der Waals surface area contributed by atoms with Crippen molar-refractivity contribution >= 4 is 17.9 Å². The van der Waals surface area contributed by atoms with Crippen LogP contribution in [0.5, 0.6) is 0 Å². The third-order valence-corrected chi connectivity index (χ3v) is 2.95. The second-order valence-corrected chi connectivity index (χ2v) is 4.99. The molecule has 0 aromatic rings. The molecule has 0 aliphatic carbocycles. The van der Waals surface area contributed by atoms with Crippen molar-refractivity contribution < 1.29 is 38.1 Å². The Labute approximate surface area is 134 Å². The summed E-state index contributed by atoms with van der Waals surface area (Å²) in [5, 5.41) is 0. The summed E-state index contributed by atoms with van der Waals surface area (Å²) in [7, 11) is 0. The van der Waals surface area contributed by atoms with Gasteiger partial charge in [-0.25, -0.2) is 0 Å². The van der Waals surface area contributed by atoms with Crippen molar-refractivity contribution in [3.8, 4) is 0 Å². The van der Waals surface area contributed by atoms with Gasteiger partial charge in [-0.3, -0.25) is 14.4 Å². The van der Waals surface area contributed by atoms with Crippen molar-refractivity contribution in [2.75, 3.05) is 13.2 Å². The molecule has 0 spiro atoms. The molecule has 8 nitrogen and oxygen atoms in total. The van der Waals surface area contributed by atoms with E-state index in [9.17, 15) is 14.4 Å². The lowest BCUT2D eigenvalue weighted by molar-refractivity contribution is -0.263. The molecular formula is C15H22O8. The molecule has 0 amide bonds. The van der Waals surface area contributed by atoms with Gasteiger partial charge in [0.15, 0.2) is 12.4 Å². The van der Waals surface area contributed by atoms with Crippen molar-refractivity contribution in [2.45, 2.75) is 51.8 Å². The molecule has 1 saturated heterocycles. The SMILES string of the molecule is C=CCO[C@@H]1C[C@@H](OC(C)=O)[C@H](OC(C)=O)[C@@H](COC(C)=O)O1. The molecule has 8 heteroatoms. The number of carbonyl (C=O) groups excluding carboxylic acids is 3. The summed E-state index contributed by atoms with van der Waals surface area (Å²) in [5.41, 5.74) is 0. The highest BCUT2D eigenvalue weighted by molar-refractivity contribution is 5.67. The summed E-state index contributed by atoms with van der Waals surface area (Å²) in [6, 6.07) is 0. The molecular weight excluding hydrogens is 308 g/mol. The van der Waals surface area contributed by atoms with Crippen LogP contribution in [0.1, 0.15) is 27.2 Å². The van der Waals surface area contributed by atoms with E-state index >= 15 is 0 Å². The van der Waals surface area contributed by atoms with E-state index in [1.165, 1.54) is 20.8 Å². The van der Waals surface area contributed by atoms with E-state index in [-0.39, 0.29) is 19.6 Å². The van der Waals surface area contributed by atoms with E-state index < -0.39 is 42.5 Å². The minimum absolute atomic E-state index is 0.154. The minimum Gasteiger partial charge on any atom is -0.463 e. The van der Waals surface area contributed by atoms with E-state index in [1.54, 1.807) is 6.08 Å². The highest BCUT2D eigenvalue weighted by Gasteiger charge is 2.44. The van der Waals surface area contributed by atoms with E-state index in [1.807, 2.05) is 0 Å². The first kappa shape index (κ1) is 19.1. The maximum atomic E-state index is 11.3. The predicted octanol–water partition coefficient (Wildman–Crippen LogP) is 0.730. The predicted molar refractivity (Wildman–Crippen MR) is 77.2 cm³/mol. The molecule has 0 saturated carbocycles. The summed E-state index contributed by atoms with van der Waals surface area (Å²) in [5.74, 6) is -1.59. The van der Waals surface area contributed by atoms with Crippen LogP contribution in [0.3, 0.4) is 0 Å². The summed E-state index contributed by atoms with van der Waals surface area (Å²) < 4.78 is 26.4. The first-order chi connectivity index (χ1) is 10.8. The Kier molecular flexibility index (Phi) is 7.70. The van der Waals surface area contributed by atoms with Gasteiger partial charge in [-0.1, -0.05) is 6.08 Å². The van der Waals surface area contributed by atoms with Crippen molar-refractivity contribution in [3.63, 3.8) is 0 Å². The smallest absolute Gasteiger partial charge is 0.303 e. The van der Waals surface area contributed by atoms with Crippen molar-refractivity contribution in [1.82, 2.24) is 0 Å². The van der Waals surface area contributed by atoms with Gasteiger partial charge in [-0.2, -0.15) is 0 Å². The zero-order valence-corrected chi connectivity index (χ0v) is 13.5.